The van der Waals surface area contributed by atoms with Gasteiger partial charge in [0, 0.05) is 12.7 Å². The predicted molar refractivity (Wildman–Crippen MR) is 87.0 cm³/mol. The first-order valence-corrected chi connectivity index (χ1v) is 8.23. The van der Waals surface area contributed by atoms with Crippen LogP contribution in [0.4, 0.5) is 0 Å². The zero-order valence-corrected chi connectivity index (χ0v) is 14.7. The van der Waals surface area contributed by atoms with E-state index in [2.05, 4.69) is 15.2 Å². The number of esters is 1. The number of ketones is 1. The molecule has 2 heterocycles. The fraction of sp³-hybridized carbons (Fsp3) is 0.467. The van der Waals surface area contributed by atoms with E-state index in [0.717, 1.165) is 5.82 Å². The third-order valence-corrected chi connectivity index (χ3v) is 4.60. The minimum Gasteiger partial charge on any atom is -0.462 e. The number of Topliss-reactive ketones (excluding diaryl/α,β-unsaturated/α-hetero) is 1. The highest BCUT2D eigenvalue weighted by Crippen LogP contribution is 2.22. The maximum Gasteiger partial charge on any atom is 0.340 e. The first-order chi connectivity index (χ1) is 10.9. The van der Waals surface area contributed by atoms with Crippen LogP contribution >= 0.6 is 11.8 Å². The molecule has 2 aromatic heterocycles. The number of carbonyl (C=O) groups excluding carboxylic acids is 2. The van der Waals surface area contributed by atoms with E-state index in [0.29, 0.717) is 34.3 Å². The van der Waals surface area contributed by atoms with Gasteiger partial charge in [0.15, 0.2) is 10.9 Å². The summed E-state index contributed by atoms with van der Waals surface area (Å²) in [6, 6.07) is 0. The van der Waals surface area contributed by atoms with Gasteiger partial charge in [-0.15, -0.1) is 10.2 Å². The molecule has 124 valence electrons. The zero-order chi connectivity index (χ0) is 17.1. The van der Waals surface area contributed by atoms with Crippen molar-refractivity contribution in [3.8, 4) is 0 Å². The summed E-state index contributed by atoms with van der Waals surface area (Å²) in [7, 11) is 1.85. The van der Waals surface area contributed by atoms with Crippen molar-refractivity contribution >= 4 is 23.5 Å². The fourth-order valence-corrected chi connectivity index (χ4v) is 3.08. The van der Waals surface area contributed by atoms with Crippen LogP contribution in [0.15, 0.2) is 5.16 Å². The second-order valence-electron chi connectivity index (χ2n) is 5.15. The summed E-state index contributed by atoms with van der Waals surface area (Å²) in [4.78, 5) is 27.4. The molecule has 0 aliphatic heterocycles. The molecule has 23 heavy (non-hydrogen) atoms. The van der Waals surface area contributed by atoms with E-state index in [1.807, 2.05) is 18.5 Å². The van der Waals surface area contributed by atoms with Crippen LogP contribution in [-0.2, 0) is 11.8 Å². The molecule has 0 atom stereocenters. The Bertz CT molecular complexity index is 748. The van der Waals surface area contributed by atoms with E-state index in [1.54, 1.807) is 20.8 Å². The van der Waals surface area contributed by atoms with Crippen molar-refractivity contribution in [1.29, 1.82) is 0 Å². The lowest BCUT2D eigenvalue weighted by molar-refractivity contribution is 0.0525. The number of aromatic amines is 1. The molecule has 1 N–H and O–H groups in total. The van der Waals surface area contributed by atoms with E-state index in [4.69, 9.17) is 4.74 Å². The third kappa shape index (κ3) is 3.47. The van der Waals surface area contributed by atoms with Crippen molar-refractivity contribution in [3.63, 3.8) is 0 Å². The number of aromatic nitrogens is 4. The highest BCUT2D eigenvalue weighted by Gasteiger charge is 2.23. The van der Waals surface area contributed by atoms with Crippen LogP contribution in [0.2, 0.25) is 0 Å². The van der Waals surface area contributed by atoms with Gasteiger partial charge in [-0.25, -0.2) is 4.79 Å². The number of H-pyrrole nitrogens is 1. The Morgan fingerprint density at radius 1 is 1.26 bits per heavy atom. The van der Waals surface area contributed by atoms with E-state index >= 15 is 0 Å². The number of nitrogens with one attached hydrogen (secondary N) is 1. The molecule has 0 amide bonds. The van der Waals surface area contributed by atoms with Crippen molar-refractivity contribution in [3.05, 3.63) is 28.3 Å². The summed E-state index contributed by atoms with van der Waals surface area (Å²) in [5.41, 5.74) is 2.15. The van der Waals surface area contributed by atoms with Crippen LogP contribution in [0.3, 0.4) is 0 Å². The van der Waals surface area contributed by atoms with Gasteiger partial charge < -0.3 is 14.3 Å². The van der Waals surface area contributed by atoms with Crippen LogP contribution in [0.25, 0.3) is 0 Å². The summed E-state index contributed by atoms with van der Waals surface area (Å²) in [6.45, 7) is 7.41. The lowest BCUT2D eigenvalue weighted by Gasteiger charge is -2.03. The molecule has 0 radical (unpaired) electrons. The van der Waals surface area contributed by atoms with Crippen LogP contribution in [0.1, 0.15) is 44.9 Å². The molecule has 0 aliphatic rings. The Kier molecular flexibility index (Phi) is 5.25. The number of carbonyl (C=O) groups is 2. The summed E-state index contributed by atoms with van der Waals surface area (Å²) in [5, 5.41) is 8.66. The van der Waals surface area contributed by atoms with Crippen LogP contribution in [-0.4, -0.2) is 43.9 Å². The summed E-state index contributed by atoms with van der Waals surface area (Å²) < 4.78 is 6.86. The maximum absolute atomic E-state index is 12.4. The predicted octanol–water partition coefficient (Wildman–Crippen LogP) is 2.22. The Balaban J connectivity index is 2.15. The molecule has 2 rings (SSSR count). The van der Waals surface area contributed by atoms with Crippen molar-refractivity contribution in [2.24, 2.45) is 7.05 Å². The van der Waals surface area contributed by atoms with Crippen molar-refractivity contribution < 1.29 is 14.3 Å². The molecule has 0 fully saturated rings. The summed E-state index contributed by atoms with van der Waals surface area (Å²) in [6.07, 6.45) is 0. The van der Waals surface area contributed by atoms with Gasteiger partial charge in [0.25, 0.3) is 0 Å². The molecule has 2 aromatic rings. The number of rotatable bonds is 6. The number of thioether (sulfide) groups is 1. The number of ether oxygens (including phenoxy) is 1. The standard InChI is InChI=1S/C15H20N4O3S/c1-6-22-14(21)12-8(2)13(16-9(12)3)11(20)7-23-15-18-17-10(4)19(15)5/h16H,6-7H2,1-5H3. The summed E-state index contributed by atoms with van der Waals surface area (Å²) >= 11 is 1.32. The molecular formula is C15H20N4O3S. The van der Waals surface area contributed by atoms with Gasteiger partial charge in [-0.05, 0) is 33.3 Å². The third-order valence-electron chi connectivity index (χ3n) is 3.58. The van der Waals surface area contributed by atoms with E-state index < -0.39 is 5.97 Å². The Morgan fingerprint density at radius 2 is 1.96 bits per heavy atom. The lowest BCUT2D eigenvalue weighted by atomic mass is 10.1. The number of hydrogen-bond donors (Lipinski definition) is 1. The Hall–Kier alpha value is -2.09. The van der Waals surface area contributed by atoms with Gasteiger partial charge in [-0.1, -0.05) is 11.8 Å². The average molecular weight is 336 g/mol. The van der Waals surface area contributed by atoms with Gasteiger partial charge in [0.1, 0.15) is 5.82 Å². The number of nitrogens with zero attached hydrogens (tertiary/aromatic N) is 3. The van der Waals surface area contributed by atoms with Crippen molar-refractivity contribution in [2.75, 3.05) is 12.4 Å². The lowest BCUT2D eigenvalue weighted by Crippen LogP contribution is -2.08. The first kappa shape index (κ1) is 17.3. The van der Waals surface area contributed by atoms with E-state index in [9.17, 15) is 9.59 Å². The molecule has 0 unspecified atom stereocenters. The van der Waals surface area contributed by atoms with Gasteiger partial charge in [-0.3, -0.25) is 4.79 Å². The van der Waals surface area contributed by atoms with Crippen molar-refractivity contribution in [1.82, 2.24) is 19.7 Å². The van der Waals surface area contributed by atoms with Crippen molar-refractivity contribution in [2.45, 2.75) is 32.9 Å². The SMILES string of the molecule is CCOC(=O)c1c(C)[nH]c(C(=O)CSc2nnc(C)n2C)c1C. The van der Waals surface area contributed by atoms with E-state index in [1.165, 1.54) is 11.8 Å². The highest BCUT2D eigenvalue weighted by atomic mass is 32.2. The van der Waals surface area contributed by atoms with Gasteiger partial charge in [0.2, 0.25) is 0 Å². The molecule has 0 aromatic carbocycles. The normalized spacial score (nSPS) is 10.8. The van der Waals surface area contributed by atoms with Crippen LogP contribution in [0.5, 0.6) is 0 Å². The molecule has 0 aliphatic carbocycles. The summed E-state index contributed by atoms with van der Waals surface area (Å²) in [5.74, 6) is 0.507. The molecule has 0 saturated carbocycles. The minimum atomic E-state index is -0.408. The van der Waals surface area contributed by atoms with E-state index in [-0.39, 0.29) is 11.5 Å². The van der Waals surface area contributed by atoms with Crippen LogP contribution in [0, 0.1) is 20.8 Å². The average Bonchev–Trinajstić information content (AvgIpc) is 2.97. The highest BCUT2D eigenvalue weighted by molar-refractivity contribution is 7.99. The Morgan fingerprint density at radius 3 is 2.52 bits per heavy atom. The quantitative estimate of drug-likeness (QED) is 0.494. The maximum atomic E-state index is 12.4. The molecular weight excluding hydrogens is 316 g/mol. The fourth-order valence-electron chi connectivity index (χ4n) is 2.25. The smallest absolute Gasteiger partial charge is 0.340 e. The minimum absolute atomic E-state index is 0.0909. The van der Waals surface area contributed by atoms with Crippen LogP contribution < -0.4 is 0 Å². The number of hydrogen-bond acceptors (Lipinski definition) is 6. The number of aryl methyl sites for hydroxylation is 2. The molecule has 7 nitrogen and oxygen atoms in total. The largest absolute Gasteiger partial charge is 0.462 e. The zero-order valence-electron chi connectivity index (χ0n) is 13.9. The molecule has 0 spiro atoms. The molecule has 0 saturated heterocycles. The monoisotopic (exact) mass is 336 g/mol. The van der Waals surface area contributed by atoms with Gasteiger partial charge in [0.05, 0.1) is 23.6 Å². The van der Waals surface area contributed by atoms with Gasteiger partial charge >= 0.3 is 5.97 Å². The molecule has 8 heteroatoms. The second-order valence-corrected chi connectivity index (χ2v) is 6.09. The topological polar surface area (TPSA) is 89.9 Å². The van der Waals surface area contributed by atoms with Gasteiger partial charge in [-0.2, -0.15) is 0 Å². The first-order valence-electron chi connectivity index (χ1n) is 7.25. The Labute approximate surface area is 138 Å². The second kappa shape index (κ2) is 6.99. The molecule has 0 bridgehead atoms.